The van der Waals surface area contributed by atoms with Gasteiger partial charge in [-0.25, -0.2) is 19.6 Å². The van der Waals surface area contributed by atoms with Crippen molar-refractivity contribution >= 4 is 24.0 Å². The van der Waals surface area contributed by atoms with E-state index in [1.165, 1.54) is 0 Å². The molecule has 6 N–H and O–H groups in total. The number of amides is 4. The van der Waals surface area contributed by atoms with E-state index in [0.717, 1.165) is 84.1 Å². The molecule has 2 aliphatic heterocycles. The molecule has 4 aromatic rings. The number of aromatic nitrogens is 4. The third kappa shape index (κ3) is 8.88. The molecule has 4 atom stereocenters. The van der Waals surface area contributed by atoms with Crippen LogP contribution in [-0.4, -0.2) is 89.1 Å². The zero-order valence-electron chi connectivity index (χ0n) is 31.2. The molecule has 6 rings (SSSR count). The monoisotopic (exact) mass is 738 g/mol. The van der Waals surface area contributed by atoms with Crippen molar-refractivity contribution in [2.24, 2.45) is 11.8 Å². The first-order valence-electron chi connectivity index (χ1n) is 18.8. The molecule has 14 heteroatoms. The minimum absolute atomic E-state index is 0.0141. The van der Waals surface area contributed by atoms with E-state index in [1.807, 2.05) is 23.0 Å². The van der Waals surface area contributed by atoms with Crippen LogP contribution < -0.4 is 10.6 Å². The number of hydrogen-bond acceptors (Lipinski definition) is 8. The van der Waals surface area contributed by atoms with E-state index in [-0.39, 0.29) is 48.8 Å². The number of benzene rings is 2. The molecular weight excluding hydrogens is 688 g/mol. The Morgan fingerprint density at radius 3 is 1.33 bits per heavy atom. The van der Waals surface area contributed by atoms with Gasteiger partial charge < -0.3 is 20.2 Å². The fourth-order valence-corrected chi connectivity index (χ4v) is 8.14. The molecule has 2 aromatic carbocycles. The predicted molar refractivity (Wildman–Crippen MR) is 203 cm³/mol. The van der Waals surface area contributed by atoms with E-state index < -0.39 is 24.0 Å². The lowest BCUT2D eigenvalue weighted by Crippen LogP contribution is -2.43. The number of nitrogens with one attached hydrogen (secondary N) is 4. The van der Waals surface area contributed by atoms with Gasteiger partial charge in [0.2, 0.25) is 11.8 Å². The van der Waals surface area contributed by atoms with Crippen LogP contribution in [0.1, 0.15) is 90.0 Å². The summed E-state index contributed by atoms with van der Waals surface area (Å²) in [4.78, 5) is 67.8. The largest absolute Gasteiger partial charge is 0.465 e. The van der Waals surface area contributed by atoms with Gasteiger partial charge in [-0.05, 0) is 72.9 Å². The number of H-pyrrole nitrogens is 2. The summed E-state index contributed by atoms with van der Waals surface area (Å²) in [7, 11) is 0. The Morgan fingerprint density at radius 1 is 0.648 bits per heavy atom. The standard InChI is InChI=1S/C40H50N8O6/c1-23(2)33(19-35(49)45-39(51)52)47-17-5-7-31(47)37-41-21-29(43-37)27-13-9-25(10-14-27)26-11-15-28(16-12-26)30-22-42-38(44-30)32-8-6-18-48(32)34(24(3)4)20-36(50)46-40(53)54/h9-16,21-24,31-34H,5-8,17-20H2,1-4H3,(H,41,43)(H,42,44)(H,45,49)(H,46,50)(H,51,52)(H,53,54)/t31-,32-,33+,34+/m0/s1. The normalized spacial score (nSPS) is 18.9. The molecule has 286 valence electrons. The van der Waals surface area contributed by atoms with Gasteiger partial charge in [0, 0.05) is 24.9 Å². The van der Waals surface area contributed by atoms with Gasteiger partial charge in [-0.3, -0.25) is 30.0 Å². The summed E-state index contributed by atoms with van der Waals surface area (Å²) in [5.74, 6) is 1.01. The summed E-state index contributed by atoms with van der Waals surface area (Å²) in [6.07, 6.45) is 4.99. The van der Waals surface area contributed by atoms with Crippen LogP contribution in [0.5, 0.6) is 0 Å². The van der Waals surface area contributed by atoms with Gasteiger partial charge in [0.15, 0.2) is 0 Å². The molecular formula is C40H50N8O6. The number of carbonyl (C=O) groups is 4. The van der Waals surface area contributed by atoms with Crippen molar-refractivity contribution in [1.82, 2.24) is 40.4 Å². The summed E-state index contributed by atoms with van der Waals surface area (Å²) in [6.45, 7) is 9.84. The fraction of sp³-hybridized carbons (Fsp3) is 0.450. The highest BCUT2D eigenvalue weighted by atomic mass is 16.4. The topological polar surface area (TPSA) is 197 Å². The van der Waals surface area contributed by atoms with Crippen molar-refractivity contribution in [1.29, 1.82) is 0 Å². The second-order valence-electron chi connectivity index (χ2n) is 15.0. The molecule has 14 nitrogen and oxygen atoms in total. The molecule has 0 aliphatic carbocycles. The van der Waals surface area contributed by atoms with Crippen molar-refractivity contribution in [2.45, 2.75) is 90.4 Å². The zero-order valence-corrected chi connectivity index (χ0v) is 31.2. The number of likely N-dealkylation sites (tertiary alicyclic amines) is 2. The first kappa shape index (κ1) is 38.4. The van der Waals surface area contributed by atoms with Crippen LogP contribution in [-0.2, 0) is 9.59 Å². The Bertz CT molecular complexity index is 1800. The molecule has 54 heavy (non-hydrogen) atoms. The van der Waals surface area contributed by atoms with Crippen molar-refractivity contribution in [3.05, 3.63) is 72.6 Å². The quantitative estimate of drug-likeness (QED) is 0.0846. The van der Waals surface area contributed by atoms with Gasteiger partial charge >= 0.3 is 12.2 Å². The molecule has 0 spiro atoms. The van der Waals surface area contributed by atoms with Crippen molar-refractivity contribution < 1.29 is 29.4 Å². The number of imidazole rings is 2. The molecule has 2 fully saturated rings. The Hall–Kier alpha value is -5.34. The maximum atomic E-state index is 12.3. The van der Waals surface area contributed by atoms with Crippen LogP contribution in [0, 0.1) is 11.8 Å². The number of nitrogens with zero attached hydrogens (tertiary/aromatic N) is 4. The van der Waals surface area contributed by atoms with Crippen molar-refractivity contribution in [2.75, 3.05) is 13.1 Å². The summed E-state index contributed by atoms with van der Waals surface area (Å²) < 4.78 is 0. The fourth-order valence-electron chi connectivity index (χ4n) is 8.14. The van der Waals surface area contributed by atoms with E-state index in [4.69, 9.17) is 20.2 Å². The van der Waals surface area contributed by atoms with E-state index in [2.05, 4.69) is 96.0 Å². The predicted octanol–water partition coefficient (Wildman–Crippen LogP) is 6.83. The Labute approximate surface area is 314 Å². The maximum Gasteiger partial charge on any atom is 0.411 e. The van der Waals surface area contributed by atoms with Crippen LogP contribution in [0.25, 0.3) is 33.6 Å². The molecule has 0 saturated carbocycles. The van der Waals surface area contributed by atoms with E-state index in [9.17, 15) is 19.2 Å². The first-order valence-corrected chi connectivity index (χ1v) is 18.8. The lowest BCUT2D eigenvalue weighted by atomic mass is 9.97. The molecule has 4 amide bonds. The first-order chi connectivity index (χ1) is 25.9. The smallest absolute Gasteiger partial charge is 0.411 e. The highest BCUT2D eigenvalue weighted by molar-refractivity contribution is 5.91. The van der Waals surface area contributed by atoms with Gasteiger partial charge in [-0.15, -0.1) is 0 Å². The number of imide groups is 2. The zero-order chi connectivity index (χ0) is 38.5. The lowest BCUT2D eigenvalue weighted by molar-refractivity contribution is -0.123. The molecule has 4 heterocycles. The Morgan fingerprint density at radius 2 is 1.00 bits per heavy atom. The van der Waals surface area contributed by atoms with E-state index >= 15 is 0 Å². The SMILES string of the molecule is CC(C)[C@@H](CC(=O)NC(=O)O)N1CCC[C@H]1c1ncc(-c2ccc(-c3ccc(-c4cnc([C@@H]5CCCN5[C@H](CC(=O)NC(=O)O)C(C)C)[nH]4)cc3)cc2)[nH]1. The summed E-state index contributed by atoms with van der Waals surface area (Å²) in [5, 5.41) is 21.9. The molecule has 0 unspecified atom stereocenters. The summed E-state index contributed by atoms with van der Waals surface area (Å²) in [6, 6.07) is 16.5. The third-order valence-electron chi connectivity index (χ3n) is 10.8. The van der Waals surface area contributed by atoms with Gasteiger partial charge in [0.1, 0.15) is 11.6 Å². The van der Waals surface area contributed by atoms with Crippen molar-refractivity contribution in [3.8, 4) is 33.6 Å². The minimum atomic E-state index is -1.33. The number of aromatic amines is 2. The number of carbonyl (C=O) groups excluding carboxylic acids is 2. The van der Waals surface area contributed by atoms with Gasteiger partial charge in [-0.2, -0.15) is 0 Å². The summed E-state index contributed by atoms with van der Waals surface area (Å²) in [5.41, 5.74) is 5.97. The molecule has 0 radical (unpaired) electrons. The molecule has 2 aromatic heterocycles. The van der Waals surface area contributed by atoms with Gasteiger partial charge in [0.25, 0.3) is 0 Å². The van der Waals surface area contributed by atoms with E-state index in [1.54, 1.807) is 0 Å². The number of carboxylic acid groups (broad SMARTS) is 2. The molecule has 0 bridgehead atoms. The van der Waals surface area contributed by atoms with Crippen LogP contribution in [0.4, 0.5) is 9.59 Å². The van der Waals surface area contributed by atoms with Crippen LogP contribution in [0.15, 0.2) is 60.9 Å². The molecule has 2 saturated heterocycles. The summed E-state index contributed by atoms with van der Waals surface area (Å²) >= 11 is 0. The van der Waals surface area contributed by atoms with E-state index in [0.29, 0.717) is 0 Å². The Kier molecular flexibility index (Phi) is 11.9. The van der Waals surface area contributed by atoms with Crippen LogP contribution in [0.2, 0.25) is 0 Å². The highest BCUT2D eigenvalue weighted by Gasteiger charge is 2.37. The maximum absolute atomic E-state index is 12.3. The van der Waals surface area contributed by atoms with Crippen LogP contribution >= 0.6 is 0 Å². The van der Waals surface area contributed by atoms with Crippen LogP contribution in [0.3, 0.4) is 0 Å². The van der Waals surface area contributed by atoms with Gasteiger partial charge in [-0.1, -0.05) is 76.2 Å². The number of hydrogen-bond donors (Lipinski definition) is 6. The second kappa shape index (κ2) is 16.8. The highest BCUT2D eigenvalue weighted by Crippen LogP contribution is 2.38. The average Bonchev–Trinajstić information content (AvgIpc) is 3.96. The second-order valence-corrected chi connectivity index (χ2v) is 15.0. The third-order valence-corrected chi connectivity index (χ3v) is 10.8. The lowest BCUT2D eigenvalue weighted by Gasteiger charge is -2.34. The van der Waals surface area contributed by atoms with Gasteiger partial charge in [0.05, 0.1) is 35.9 Å². The Balaban J connectivity index is 1.10. The number of rotatable bonds is 13. The minimum Gasteiger partial charge on any atom is -0.465 e. The molecule has 2 aliphatic rings. The van der Waals surface area contributed by atoms with Crippen molar-refractivity contribution in [3.63, 3.8) is 0 Å². The average molecular weight is 739 g/mol.